The second-order valence-corrected chi connectivity index (χ2v) is 6.18. The summed E-state index contributed by atoms with van der Waals surface area (Å²) in [5.74, 6) is 0.520. The van der Waals surface area contributed by atoms with Crippen LogP contribution in [0.3, 0.4) is 0 Å². The Morgan fingerprint density at radius 2 is 1.83 bits per heavy atom. The maximum Gasteiger partial charge on any atom is 0.342 e. The predicted octanol–water partition coefficient (Wildman–Crippen LogP) is 2.64. The number of amides is 1. The second kappa shape index (κ2) is 9.55. The van der Waals surface area contributed by atoms with Crippen LogP contribution in [-0.2, 0) is 16.0 Å². The minimum absolute atomic E-state index is 0.291. The Hall–Kier alpha value is -3.88. The van der Waals surface area contributed by atoms with Crippen molar-refractivity contribution < 1.29 is 23.8 Å². The van der Waals surface area contributed by atoms with Crippen molar-refractivity contribution in [1.29, 1.82) is 0 Å². The number of hydrogen-bond acceptors (Lipinski definition) is 7. The van der Waals surface area contributed by atoms with Crippen LogP contribution in [0.5, 0.6) is 11.5 Å². The predicted molar refractivity (Wildman–Crippen MR) is 109 cm³/mol. The number of rotatable bonds is 8. The van der Waals surface area contributed by atoms with Gasteiger partial charge in [-0.1, -0.05) is 13.0 Å². The zero-order valence-electron chi connectivity index (χ0n) is 16.9. The van der Waals surface area contributed by atoms with Crippen LogP contribution in [0, 0.1) is 0 Å². The van der Waals surface area contributed by atoms with Crippen molar-refractivity contribution in [2.45, 2.75) is 13.3 Å². The molecule has 2 aromatic heterocycles. The number of ether oxygens (including phenoxy) is 3. The molecule has 0 fully saturated rings. The molecule has 156 valence electrons. The molecular formula is C21H22N4O5. The molecule has 1 amide bonds. The summed E-state index contributed by atoms with van der Waals surface area (Å²) in [6.07, 6.45) is 3.60. The van der Waals surface area contributed by atoms with E-state index in [1.807, 2.05) is 13.0 Å². The molecule has 0 radical (unpaired) electrons. The van der Waals surface area contributed by atoms with E-state index in [9.17, 15) is 9.59 Å². The summed E-state index contributed by atoms with van der Waals surface area (Å²) in [6.45, 7) is 1.45. The lowest BCUT2D eigenvalue weighted by Crippen LogP contribution is -2.21. The number of esters is 1. The van der Waals surface area contributed by atoms with Crippen LogP contribution in [0.15, 0.2) is 48.8 Å². The van der Waals surface area contributed by atoms with Gasteiger partial charge in [-0.05, 0) is 18.6 Å². The van der Waals surface area contributed by atoms with E-state index in [1.165, 1.54) is 20.4 Å². The number of carbonyl (C=O) groups is 2. The van der Waals surface area contributed by atoms with Gasteiger partial charge in [0.25, 0.3) is 5.91 Å². The SMILES string of the molecule is CCc1c(C(=O)OCC(=O)Nc2cc(OC)cc(OC)c2)cnn1-c1ccccn1. The molecule has 0 atom stereocenters. The summed E-state index contributed by atoms with van der Waals surface area (Å²) in [4.78, 5) is 29.0. The van der Waals surface area contributed by atoms with Gasteiger partial charge >= 0.3 is 5.97 Å². The fraction of sp³-hybridized carbons (Fsp3) is 0.238. The third-order valence-electron chi connectivity index (χ3n) is 4.26. The number of nitrogens with zero attached hydrogens (tertiary/aromatic N) is 3. The standard InChI is InChI=1S/C21H22N4O5/c1-4-18-17(12-23-25(18)19-7-5-6-8-22-19)21(27)30-13-20(26)24-14-9-15(28-2)11-16(10-14)29-3/h5-12H,4,13H2,1-3H3,(H,24,26). The second-order valence-electron chi connectivity index (χ2n) is 6.18. The molecule has 0 aliphatic carbocycles. The van der Waals surface area contributed by atoms with Crippen molar-refractivity contribution in [3.05, 3.63) is 60.0 Å². The van der Waals surface area contributed by atoms with E-state index in [0.717, 1.165) is 0 Å². The minimum atomic E-state index is -0.632. The molecule has 0 saturated heterocycles. The van der Waals surface area contributed by atoms with Gasteiger partial charge in [0.2, 0.25) is 0 Å². The lowest BCUT2D eigenvalue weighted by molar-refractivity contribution is -0.119. The molecule has 0 aliphatic heterocycles. The highest BCUT2D eigenvalue weighted by Gasteiger charge is 2.20. The van der Waals surface area contributed by atoms with E-state index in [2.05, 4.69) is 15.4 Å². The highest BCUT2D eigenvalue weighted by Crippen LogP contribution is 2.25. The minimum Gasteiger partial charge on any atom is -0.497 e. The molecule has 0 aliphatic rings. The maximum atomic E-state index is 12.5. The molecule has 9 heteroatoms. The van der Waals surface area contributed by atoms with E-state index in [0.29, 0.717) is 40.7 Å². The van der Waals surface area contributed by atoms with E-state index < -0.39 is 18.5 Å². The monoisotopic (exact) mass is 410 g/mol. The number of methoxy groups -OCH3 is 2. The molecule has 3 aromatic rings. The van der Waals surface area contributed by atoms with Gasteiger partial charge in [-0.25, -0.2) is 14.5 Å². The number of aromatic nitrogens is 3. The Balaban J connectivity index is 1.66. The van der Waals surface area contributed by atoms with Gasteiger partial charge in [0.15, 0.2) is 12.4 Å². The Bertz CT molecular complexity index is 1010. The van der Waals surface area contributed by atoms with E-state index in [4.69, 9.17) is 14.2 Å². The lowest BCUT2D eigenvalue weighted by atomic mass is 10.2. The largest absolute Gasteiger partial charge is 0.497 e. The number of hydrogen-bond donors (Lipinski definition) is 1. The average molecular weight is 410 g/mol. The summed E-state index contributed by atoms with van der Waals surface area (Å²) in [5.41, 5.74) is 1.40. The van der Waals surface area contributed by atoms with Gasteiger partial charge in [-0.15, -0.1) is 0 Å². The smallest absolute Gasteiger partial charge is 0.342 e. The molecule has 9 nitrogen and oxygen atoms in total. The van der Waals surface area contributed by atoms with Gasteiger partial charge in [-0.3, -0.25) is 4.79 Å². The van der Waals surface area contributed by atoms with Crippen molar-refractivity contribution in [1.82, 2.24) is 14.8 Å². The Morgan fingerprint density at radius 3 is 2.43 bits per heavy atom. The molecule has 0 unspecified atom stereocenters. The Morgan fingerprint density at radius 1 is 1.10 bits per heavy atom. The number of anilines is 1. The number of benzene rings is 1. The fourth-order valence-electron chi connectivity index (χ4n) is 2.85. The van der Waals surface area contributed by atoms with Crippen molar-refractivity contribution in [3.63, 3.8) is 0 Å². The van der Waals surface area contributed by atoms with Gasteiger partial charge in [0, 0.05) is 30.1 Å². The summed E-state index contributed by atoms with van der Waals surface area (Å²) in [7, 11) is 3.02. The Labute approximate surface area is 173 Å². The first kappa shape index (κ1) is 20.8. The summed E-state index contributed by atoms with van der Waals surface area (Å²) < 4.78 is 17.1. The van der Waals surface area contributed by atoms with E-state index in [-0.39, 0.29) is 0 Å². The maximum absolute atomic E-state index is 12.5. The highest BCUT2D eigenvalue weighted by atomic mass is 16.5. The first-order valence-corrected chi connectivity index (χ1v) is 9.24. The third-order valence-corrected chi connectivity index (χ3v) is 4.26. The summed E-state index contributed by atoms with van der Waals surface area (Å²) >= 11 is 0. The van der Waals surface area contributed by atoms with Crippen LogP contribution < -0.4 is 14.8 Å². The van der Waals surface area contributed by atoms with Crippen LogP contribution in [0.4, 0.5) is 5.69 Å². The van der Waals surface area contributed by atoms with Crippen LogP contribution >= 0.6 is 0 Å². The molecule has 1 aromatic carbocycles. The van der Waals surface area contributed by atoms with Gasteiger partial charge in [0.1, 0.15) is 17.1 Å². The van der Waals surface area contributed by atoms with Crippen LogP contribution in [0.1, 0.15) is 23.0 Å². The molecule has 0 bridgehead atoms. The lowest BCUT2D eigenvalue weighted by Gasteiger charge is -2.10. The number of pyridine rings is 1. The van der Waals surface area contributed by atoms with Crippen LogP contribution in [0.2, 0.25) is 0 Å². The normalized spacial score (nSPS) is 10.4. The van der Waals surface area contributed by atoms with Crippen molar-refractivity contribution in [2.75, 3.05) is 26.1 Å². The van der Waals surface area contributed by atoms with Crippen LogP contribution in [-0.4, -0.2) is 47.5 Å². The molecule has 0 spiro atoms. The van der Waals surface area contributed by atoms with Gasteiger partial charge in [-0.2, -0.15) is 5.10 Å². The van der Waals surface area contributed by atoms with Crippen molar-refractivity contribution in [2.24, 2.45) is 0 Å². The number of carbonyl (C=O) groups excluding carboxylic acids is 2. The Kier molecular flexibility index (Phi) is 6.63. The van der Waals surface area contributed by atoms with Gasteiger partial charge < -0.3 is 19.5 Å². The van der Waals surface area contributed by atoms with E-state index >= 15 is 0 Å². The zero-order chi connectivity index (χ0) is 21.5. The topological polar surface area (TPSA) is 105 Å². The molecule has 0 saturated carbocycles. The van der Waals surface area contributed by atoms with Crippen molar-refractivity contribution >= 4 is 17.6 Å². The summed E-state index contributed by atoms with van der Waals surface area (Å²) in [5, 5.41) is 6.89. The first-order valence-electron chi connectivity index (χ1n) is 9.24. The summed E-state index contributed by atoms with van der Waals surface area (Å²) in [6, 6.07) is 10.4. The molecule has 2 heterocycles. The zero-order valence-corrected chi connectivity index (χ0v) is 16.9. The van der Waals surface area contributed by atoms with Gasteiger partial charge in [0.05, 0.1) is 26.1 Å². The number of nitrogens with one attached hydrogen (secondary N) is 1. The molecule has 3 rings (SSSR count). The highest BCUT2D eigenvalue weighted by molar-refractivity contribution is 5.96. The third kappa shape index (κ3) is 4.75. The van der Waals surface area contributed by atoms with Crippen LogP contribution in [0.25, 0.3) is 5.82 Å². The quantitative estimate of drug-likeness (QED) is 0.569. The molecule has 1 N–H and O–H groups in total. The molecular weight excluding hydrogens is 388 g/mol. The molecule has 30 heavy (non-hydrogen) atoms. The van der Waals surface area contributed by atoms with E-state index in [1.54, 1.807) is 41.2 Å². The van der Waals surface area contributed by atoms with Crippen molar-refractivity contribution in [3.8, 4) is 17.3 Å². The fourth-order valence-corrected chi connectivity index (χ4v) is 2.85. The first-order chi connectivity index (χ1) is 14.5. The average Bonchev–Trinajstić information content (AvgIpc) is 3.22.